The van der Waals surface area contributed by atoms with Crippen LogP contribution in [0.4, 0.5) is 0 Å². The third kappa shape index (κ3) is 3.00. The first kappa shape index (κ1) is 14.5. The van der Waals surface area contributed by atoms with E-state index in [1.807, 2.05) is 30.3 Å². The first-order valence-electron chi connectivity index (χ1n) is 6.46. The number of hydrogen-bond acceptors (Lipinski definition) is 2. The van der Waals surface area contributed by atoms with Gasteiger partial charge in [-0.3, -0.25) is 9.59 Å². The molecule has 2 rings (SSSR count). The molecule has 0 spiro atoms. The first-order valence-corrected chi connectivity index (χ1v) is 6.46. The first-order chi connectivity index (χ1) is 10.0. The molecule has 2 aromatic carbocycles. The second-order valence-corrected chi connectivity index (χ2v) is 4.65. The molecule has 0 unspecified atom stereocenters. The molecule has 0 aliphatic heterocycles. The third-order valence-corrected chi connectivity index (χ3v) is 3.30. The van der Waals surface area contributed by atoms with E-state index < -0.39 is 11.8 Å². The molecule has 0 aliphatic rings. The van der Waals surface area contributed by atoms with Gasteiger partial charge in [-0.05, 0) is 29.2 Å². The maximum absolute atomic E-state index is 11.8. The van der Waals surface area contributed by atoms with Gasteiger partial charge in [0.2, 0.25) is 11.8 Å². The molecule has 106 valence electrons. The minimum absolute atomic E-state index is 0.138. The number of amides is 2. The largest absolute Gasteiger partial charge is 0.366 e. The molecule has 0 radical (unpaired) electrons. The van der Waals surface area contributed by atoms with Crippen molar-refractivity contribution in [2.75, 3.05) is 0 Å². The molecule has 0 atom stereocenters. The van der Waals surface area contributed by atoms with Gasteiger partial charge in [0.25, 0.3) is 0 Å². The SMILES string of the molecule is C=Cc1ccc(C(N)=O)c(C(N)=O)c1Cc1ccccc1. The Morgan fingerprint density at radius 3 is 2.19 bits per heavy atom. The Balaban J connectivity index is 2.65. The van der Waals surface area contributed by atoms with Crippen molar-refractivity contribution in [3.05, 3.63) is 76.9 Å². The van der Waals surface area contributed by atoms with E-state index in [2.05, 4.69) is 6.58 Å². The van der Waals surface area contributed by atoms with Crippen LogP contribution in [0.5, 0.6) is 0 Å². The fourth-order valence-corrected chi connectivity index (χ4v) is 2.33. The Hall–Kier alpha value is -2.88. The molecular weight excluding hydrogens is 264 g/mol. The summed E-state index contributed by atoms with van der Waals surface area (Å²) in [6.07, 6.45) is 2.11. The number of hydrogen-bond donors (Lipinski definition) is 2. The van der Waals surface area contributed by atoms with Crippen LogP contribution in [0.25, 0.3) is 6.08 Å². The summed E-state index contributed by atoms with van der Waals surface area (Å²) in [6, 6.07) is 12.8. The van der Waals surface area contributed by atoms with Gasteiger partial charge in [-0.1, -0.05) is 49.1 Å². The van der Waals surface area contributed by atoms with Gasteiger partial charge in [0.1, 0.15) is 0 Å². The van der Waals surface area contributed by atoms with E-state index in [1.165, 1.54) is 6.07 Å². The van der Waals surface area contributed by atoms with Crippen molar-refractivity contribution in [2.24, 2.45) is 11.5 Å². The molecule has 2 amide bonds. The van der Waals surface area contributed by atoms with Crippen LogP contribution >= 0.6 is 0 Å². The van der Waals surface area contributed by atoms with Gasteiger partial charge in [-0.25, -0.2) is 0 Å². The van der Waals surface area contributed by atoms with Crippen molar-refractivity contribution >= 4 is 17.9 Å². The fraction of sp³-hybridized carbons (Fsp3) is 0.0588. The van der Waals surface area contributed by atoms with Crippen LogP contribution in [0.2, 0.25) is 0 Å². The summed E-state index contributed by atoms with van der Waals surface area (Å²) in [5.41, 5.74) is 13.5. The fourth-order valence-electron chi connectivity index (χ4n) is 2.33. The van der Waals surface area contributed by atoms with Crippen molar-refractivity contribution in [1.29, 1.82) is 0 Å². The summed E-state index contributed by atoms with van der Waals surface area (Å²) >= 11 is 0. The zero-order valence-electron chi connectivity index (χ0n) is 11.5. The number of nitrogens with two attached hydrogens (primary N) is 2. The Bertz CT molecular complexity index is 706. The summed E-state index contributed by atoms with van der Waals surface area (Å²) in [7, 11) is 0. The van der Waals surface area contributed by atoms with E-state index in [4.69, 9.17) is 11.5 Å². The van der Waals surface area contributed by atoms with Crippen molar-refractivity contribution in [3.8, 4) is 0 Å². The van der Waals surface area contributed by atoms with E-state index in [-0.39, 0.29) is 11.1 Å². The molecule has 0 aliphatic carbocycles. The number of rotatable bonds is 5. The lowest BCUT2D eigenvalue weighted by Crippen LogP contribution is -2.23. The van der Waals surface area contributed by atoms with E-state index in [0.717, 1.165) is 11.1 Å². The maximum atomic E-state index is 11.8. The van der Waals surface area contributed by atoms with Gasteiger partial charge in [-0.15, -0.1) is 0 Å². The molecular formula is C17H16N2O2. The Morgan fingerprint density at radius 1 is 1.00 bits per heavy atom. The minimum atomic E-state index is -0.672. The Labute approximate surface area is 123 Å². The summed E-state index contributed by atoms with van der Waals surface area (Å²) in [6.45, 7) is 3.74. The monoisotopic (exact) mass is 280 g/mol. The molecule has 4 nitrogen and oxygen atoms in total. The average Bonchev–Trinajstić information content (AvgIpc) is 2.47. The molecule has 0 saturated heterocycles. The predicted octanol–water partition coefficient (Wildman–Crippen LogP) is 2.12. The topological polar surface area (TPSA) is 86.2 Å². The Kier molecular flexibility index (Phi) is 4.18. The van der Waals surface area contributed by atoms with Crippen LogP contribution in [0.3, 0.4) is 0 Å². The van der Waals surface area contributed by atoms with Gasteiger partial charge in [0.15, 0.2) is 0 Å². The highest BCUT2D eigenvalue weighted by Crippen LogP contribution is 2.23. The average molecular weight is 280 g/mol. The standard InChI is InChI=1S/C17H16N2O2/c1-2-12-8-9-13(16(18)20)15(17(19)21)14(12)10-11-6-4-3-5-7-11/h2-9H,1,10H2,(H2,18,20)(H2,19,21). The van der Waals surface area contributed by atoms with E-state index in [0.29, 0.717) is 12.0 Å². The molecule has 0 saturated carbocycles. The number of primary amides is 2. The van der Waals surface area contributed by atoms with Crippen LogP contribution in [-0.2, 0) is 6.42 Å². The van der Waals surface area contributed by atoms with E-state index in [1.54, 1.807) is 12.1 Å². The molecule has 0 aromatic heterocycles. The summed E-state index contributed by atoms with van der Waals surface area (Å²) in [4.78, 5) is 23.3. The third-order valence-electron chi connectivity index (χ3n) is 3.30. The molecule has 4 heteroatoms. The second-order valence-electron chi connectivity index (χ2n) is 4.65. The molecule has 2 aromatic rings. The minimum Gasteiger partial charge on any atom is -0.366 e. The zero-order valence-corrected chi connectivity index (χ0v) is 11.5. The number of carbonyl (C=O) groups is 2. The highest BCUT2D eigenvalue weighted by Gasteiger charge is 2.19. The summed E-state index contributed by atoms with van der Waals surface area (Å²) in [5, 5.41) is 0. The van der Waals surface area contributed by atoms with Crippen molar-refractivity contribution in [1.82, 2.24) is 0 Å². The van der Waals surface area contributed by atoms with Gasteiger partial charge >= 0.3 is 0 Å². The van der Waals surface area contributed by atoms with Gasteiger partial charge in [-0.2, -0.15) is 0 Å². The zero-order chi connectivity index (χ0) is 15.4. The molecule has 0 fully saturated rings. The summed E-state index contributed by atoms with van der Waals surface area (Å²) < 4.78 is 0. The second kappa shape index (κ2) is 6.05. The molecule has 0 heterocycles. The summed E-state index contributed by atoms with van der Waals surface area (Å²) in [5.74, 6) is -1.34. The van der Waals surface area contributed by atoms with E-state index in [9.17, 15) is 9.59 Å². The molecule has 4 N–H and O–H groups in total. The lowest BCUT2D eigenvalue weighted by Gasteiger charge is -2.14. The lowest BCUT2D eigenvalue weighted by molar-refractivity contribution is 0.0966. The van der Waals surface area contributed by atoms with Crippen molar-refractivity contribution in [3.63, 3.8) is 0 Å². The smallest absolute Gasteiger partial charge is 0.249 e. The highest BCUT2D eigenvalue weighted by atomic mass is 16.2. The highest BCUT2D eigenvalue weighted by molar-refractivity contribution is 6.07. The van der Waals surface area contributed by atoms with Gasteiger partial charge in [0.05, 0.1) is 11.1 Å². The van der Waals surface area contributed by atoms with Crippen LogP contribution in [-0.4, -0.2) is 11.8 Å². The van der Waals surface area contributed by atoms with Crippen LogP contribution in [0, 0.1) is 0 Å². The lowest BCUT2D eigenvalue weighted by atomic mass is 9.90. The molecule has 0 bridgehead atoms. The van der Waals surface area contributed by atoms with Gasteiger partial charge < -0.3 is 11.5 Å². The Morgan fingerprint density at radius 2 is 1.67 bits per heavy atom. The van der Waals surface area contributed by atoms with E-state index >= 15 is 0 Å². The number of benzene rings is 2. The quantitative estimate of drug-likeness (QED) is 0.878. The van der Waals surface area contributed by atoms with Crippen molar-refractivity contribution in [2.45, 2.75) is 6.42 Å². The number of carbonyl (C=O) groups excluding carboxylic acids is 2. The maximum Gasteiger partial charge on any atom is 0.249 e. The van der Waals surface area contributed by atoms with Crippen LogP contribution < -0.4 is 11.5 Å². The normalized spacial score (nSPS) is 10.1. The molecule has 21 heavy (non-hydrogen) atoms. The predicted molar refractivity (Wildman–Crippen MR) is 82.8 cm³/mol. The van der Waals surface area contributed by atoms with Gasteiger partial charge in [0, 0.05) is 0 Å². The van der Waals surface area contributed by atoms with Crippen molar-refractivity contribution < 1.29 is 9.59 Å². The van der Waals surface area contributed by atoms with Crippen LogP contribution in [0.1, 0.15) is 37.4 Å². The van der Waals surface area contributed by atoms with Crippen LogP contribution in [0.15, 0.2) is 49.0 Å².